The number of hydrogen-bond donors (Lipinski definition) is 3. The molecule has 1 amide bonds. The molecule has 0 saturated heterocycles. The van der Waals surface area contributed by atoms with Gasteiger partial charge in [0, 0.05) is 43.5 Å². The summed E-state index contributed by atoms with van der Waals surface area (Å²) in [4.78, 5) is 33.2. The Labute approximate surface area is 229 Å². The number of aromatic carboxylic acids is 1. The highest BCUT2D eigenvalue weighted by Crippen LogP contribution is 2.32. The zero-order chi connectivity index (χ0) is 28.8. The molecule has 5 rings (SSSR count). The van der Waals surface area contributed by atoms with Crippen molar-refractivity contribution >= 4 is 23.7 Å². The molecule has 3 aromatic heterocycles. The summed E-state index contributed by atoms with van der Waals surface area (Å²) >= 11 is 0. The van der Waals surface area contributed by atoms with Gasteiger partial charge in [0.05, 0.1) is 29.6 Å². The van der Waals surface area contributed by atoms with E-state index in [-0.39, 0.29) is 18.1 Å². The molecule has 4 heterocycles. The second kappa shape index (κ2) is 10.1. The number of aromatic nitrogens is 5. The van der Waals surface area contributed by atoms with Crippen LogP contribution in [0.25, 0.3) is 16.9 Å². The number of carboxylic acids is 1. The molecule has 1 unspecified atom stereocenters. The van der Waals surface area contributed by atoms with Crippen LogP contribution in [0.1, 0.15) is 61.0 Å². The standard InChI is InChI=1S/C27H30FN7O5/c1-14(31-26(38)40-27(2,3)4)20-13-35-23(32-20)17(21-10-19(24(36)37)33-34(21)5)12-30-25(35)29-11-16-15-8-9-39-22(15)7-6-18(16)28/h6-7,10,12-14H,8-9,11H2,1-5H3,(H,29,30)(H,31,38)(H,36,37). The average Bonchev–Trinajstić information content (AvgIpc) is 3.60. The molecule has 0 saturated carbocycles. The predicted octanol–water partition coefficient (Wildman–Crippen LogP) is 4.10. The molecule has 0 bridgehead atoms. The van der Waals surface area contributed by atoms with E-state index < -0.39 is 23.7 Å². The van der Waals surface area contributed by atoms with Gasteiger partial charge in [-0.05, 0) is 45.9 Å². The Morgan fingerprint density at radius 3 is 2.77 bits per heavy atom. The summed E-state index contributed by atoms with van der Waals surface area (Å²) < 4.78 is 28.8. The number of hydrogen-bond acceptors (Lipinski definition) is 8. The molecule has 1 aromatic carbocycles. The van der Waals surface area contributed by atoms with Gasteiger partial charge in [0.2, 0.25) is 5.95 Å². The van der Waals surface area contributed by atoms with E-state index in [9.17, 15) is 19.1 Å². The number of alkyl carbamates (subject to hydrolysis) is 1. The van der Waals surface area contributed by atoms with Gasteiger partial charge in [0.15, 0.2) is 11.3 Å². The van der Waals surface area contributed by atoms with Crippen LogP contribution >= 0.6 is 0 Å². The van der Waals surface area contributed by atoms with Crippen LogP contribution in [0.3, 0.4) is 0 Å². The molecule has 0 spiro atoms. The number of nitrogens with zero attached hydrogens (tertiary/aromatic N) is 5. The molecule has 0 aliphatic carbocycles. The maximum Gasteiger partial charge on any atom is 0.408 e. The summed E-state index contributed by atoms with van der Waals surface area (Å²) in [6, 6.07) is 3.91. The number of imidazole rings is 1. The molecule has 1 aliphatic rings. The van der Waals surface area contributed by atoms with E-state index in [0.29, 0.717) is 52.9 Å². The van der Waals surface area contributed by atoms with Gasteiger partial charge >= 0.3 is 12.1 Å². The first-order valence-electron chi connectivity index (χ1n) is 12.7. The van der Waals surface area contributed by atoms with E-state index in [1.165, 1.54) is 16.8 Å². The summed E-state index contributed by atoms with van der Waals surface area (Å²) in [6.07, 6.45) is 3.28. The van der Waals surface area contributed by atoms with Gasteiger partial charge in [-0.1, -0.05) is 0 Å². The third-order valence-corrected chi connectivity index (χ3v) is 6.43. The lowest BCUT2D eigenvalue weighted by molar-refractivity contribution is 0.0506. The van der Waals surface area contributed by atoms with Crippen LogP contribution in [0, 0.1) is 5.82 Å². The third-order valence-electron chi connectivity index (χ3n) is 6.43. The largest absolute Gasteiger partial charge is 0.493 e. The molecule has 4 aromatic rings. The molecule has 1 aliphatic heterocycles. The summed E-state index contributed by atoms with van der Waals surface area (Å²) in [7, 11) is 1.63. The molecular formula is C27H30FN7O5. The summed E-state index contributed by atoms with van der Waals surface area (Å²) in [6.45, 7) is 7.73. The lowest BCUT2D eigenvalue weighted by atomic mass is 10.0. The molecule has 13 heteroatoms. The van der Waals surface area contributed by atoms with Crippen LogP contribution in [-0.2, 0) is 24.8 Å². The predicted molar refractivity (Wildman–Crippen MR) is 143 cm³/mol. The normalized spacial score (nSPS) is 13.6. The number of fused-ring (bicyclic) bond motifs is 2. The summed E-state index contributed by atoms with van der Waals surface area (Å²) in [5.74, 6) is -0.463. The van der Waals surface area contributed by atoms with Crippen molar-refractivity contribution in [2.75, 3.05) is 11.9 Å². The lowest BCUT2D eigenvalue weighted by Crippen LogP contribution is -2.34. The second-order valence-electron chi connectivity index (χ2n) is 10.5. The minimum atomic E-state index is -1.16. The fourth-order valence-electron chi connectivity index (χ4n) is 4.57. The summed E-state index contributed by atoms with van der Waals surface area (Å²) in [5.41, 5.74) is 2.46. The van der Waals surface area contributed by atoms with Crippen molar-refractivity contribution in [3.05, 3.63) is 58.9 Å². The Bertz CT molecular complexity index is 1620. The monoisotopic (exact) mass is 551 g/mol. The van der Waals surface area contributed by atoms with Gasteiger partial charge in [-0.2, -0.15) is 5.10 Å². The molecular weight excluding hydrogens is 521 g/mol. The van der Waals surface area contributed by atoms with Crippen molar-refractivity contribution in [1.29, 1.82) is 0 Å². The van der Waals surface area contributed by atoms with Crippen LogP contribution in [0.2, 0.25) is 0 Å². The van der Waals surface area contributed by atoms with E-state index in [0.717, 1.165) is 5.56 Å². The molecule has 1 atom stereocenters. The maximum absolute atomic E-state index is 14.8. The number of halogens is 1. The maximum atomic E-state index is 14.8. The van der Waals surface area contributed by atoms with Crippen LogP contribution in [0.4, 0.5) is 15.1 Å². The summed E-state index contributed by atoms with van der Waals surface area (Å²) in [5, 5.41) is 19.5. The number of anilines is 1. The first-order valence-corrected chi connectivity index (χ1v) is 12.7. The molecule has 210 valence electrons. The molecule has 3 N–H and O–H groups in total. The number of rotatable bonds is 7. The van der Waals surface area contributed by atoms with Crippen molar-refractivity contribution in [3.63, 3.8) is 0 Å². The number of amides is 1. The van der Waals surface area contributed by atoms with Gasteiger partial charge in [-0.25, -0.2) is 23.9 Å². The Morgan fingerprint density at radius 2 is 2.08 bits per heavy atom. The van der Waals surface area contributed by atoms with Crippen molar-refractivity contribution in [3.8, 4) is 17.0 Å². The number of aryl methyl sites for hydroxylation is 1. The Kier molecular flexibility index (Phi) is 6.82. The first-order chi connectivity index (χ1) is 18.9. The number of ether oxygens (including phenoxy) is 2. The minimum absolute atomic E-state index is 0.125. The number of carbonyl (C=O) groups excluding carboxylic acids is 1. The number of nitrogens with one attached hydrogen (secondary N) is 2. The topological polar surface area (TPSA) is 145 Å². The number of benzene rings is 1. The molecule has 0 radical (unpaired) electrons. The average molecular weight is 552 g/mol. The highest BCUT2D eigenvalue weighted by molar-refractivity contribution is 5.88. The second-order valence-corrected chi connectivity index (χ2v) is 10.5. The van der Waals surface area contributed by atoms with E-state index in [1.54, 1.807) is 57.6 Å². The molecule has 0 fully saturated rings. The van der Waals surface area contributed by atoms with Crippen molar-refractivity contribution in [2.24, 2.45) is 7.05 Å². The van der Waals surface area contributed by atoms with E-state index >= 15 is 0 Å². The molecule has 40 heavy (non-hydrogen) atoms. The van der Waals surface area contributed by atoms with Crippen LogP contribution < -0.4 is 15.4 Å². The van der Waals surface area contributed by atoms with Gasteiger partial charge in [0.1, 0.15) is 17.2 Å². The highest BCUT2D eigenvalue weighted by atomic mass is 19.1. The smallest absolute Gasteiger partial charge is 0.408 e. The number of carboxylic acid groups (broad SMARTS) is 1. The van der Waals surface area contributed by atoms with Gasteiger partial charge in [0.25, 0.3) is 0 Å². The SMILES string of the molecule is CC(NC(=O)OC(C)(C)C)c1cn2c(NCc3c(F)ccc4c3CCO4)ncc(-c3cc(C(=O)O)nn3C)c2n1. The highest BCUT2D eigenvalue weighted by Gasteiger charge is 2.24. The quantitative estimate of drug-likeness (QED) is 0.309. The van der Waals surface area contributed by atoms with E-state index in [2.05, 4.69) is 20.7 Å². The Balaban J connectivity index is 1.53. The van der Waals surface area contributed by atoms with Gasteiger partial charge in [-0.15, -0.1) is 0 Å². The zero-order valence-corrected chi connectivity index (χ0v) is 22.8. The van der Waals surface area contributed by atoms with Crippen LogP contribution in [0.5, 0.6) is 5.75 Å². The number of carbonyl (C=O) groups is 2. The fourth-order valence-corrected chi connectivity index (χ4v) is 4.57. The Hall–Kier alpha value is -4.68. The third kappa shape index (κ3) is 5.26. The van der Waals surface area contributed by atoms with Gasteiger partial charge < -0.3 is 25.2 Å². The van der Waals surface area contributed by atoms with E-state index in [1.807, 2.05) is 0 Å². The van der Waals surface area contributed by atoms with Crippen molar-refractivity contribution in [1.82, 2.24) is 29.5 Å². The van der Waals surface area contributed by atoms with Crippen LogP contribution in [0.15, 0.2) is 30.6 Å². The first kappa shape index (κ1) is 26.9. The molecule has 12 nitrogen and oxygen atoms in total. The van der Waals surface area contributed by atoms with Crippen molar-refractivity contribution in [2.45, 2.75) is 52.3 Å². The van der Waals surface area contributed by atoms with Gasteiger partial charge in [-0.3, -0.25) is 9.08 Å². The lowest BCUT2D eigenvalue weighted by Gasteiger charge is -2.21. The van der Waals surface area contributed by atoms with Crippen molar-refractivity contribution < 1.29 is 28.6 Å². The van der Waals surface area contributed by atoms with E-state index in [4.69, 9.17) is 14.5 Å². The minimum Gasteiger partial charge on any atom is -0.493 e. The van der Waals surface area contributed by atoms with Crippen LogP contribution in [-0.4, -0.2) is 53.5 Å². The Morgan fingerprint density at radius 1 is 1.30 bits per heavy atom. The zero-order valence-electron chi connectivity index (χ0n) is 22.8. The fraction of sp³-hybridized carbons (Fsp3) is 0.370.